The van der Waals surface area contributed by atoms with Crippen LogP contribution in [0.2, 0.25) is 0 Å². The second-order valence-corrected chi connectivity index (χ2v) is 7.80. The highest BCUT2D eigenvalue weighted by atomic mass is 19.4. The topological polar surface area (TPSA) is 114 Å². The first-order chi connectivity index (χ1) is 16.1. The van der Waals surface area contributed by atoms with Crippen molar-refractivity contribution < 1.29 is 41.0 Å². The largest absolute Gasteiger partial charge is 0.478 e. The molecular weight excluding hydrogens is 480 g/mol. The number of hydrogen-bond acceptors (Lipinski definition) is 4. The van der Waals surface area contributed by atoms with E-state index in [2.05, 4.69) is 5.32 Å². The van der Waals surface area contributed by atoms with E-state index in [1.165, 1.54) is 31.2 Å². The molecule has 0 saturated carbocycles. The number of rotatable bonds is 9. The minimum atomic E-state index is -5.14. The summed E-state index contributed by atoms with van der Waals surface area (Å²) in [6.45, 7) is 1.45. The number of benzene rings is 2. The number of carboxylic acid groups (broad SMARTS) is 1. The summed E-state index contributed by atoms with van der Waals surface area (Å²) in [5, 5.41) is 26.7. The summed E-state index contributed by atoms with van der Waals surface area (Å²) in [5.74, 6) is -4.41. The number of aromatic carboxylic acids is 1. The molecule has 12 heteroatoms. The van der Waals surface area contributed by atoms with Crippen LogP contribution in [0.4, 0.5) is 26.3 Å². The van der Waals surface area contributed by atoms with Crippen molar-refractivity contribution in [3.8, 4) is 0 Å². The molecule has 0 aliphatic rings. The number of carbonyl (C=O) groups excluding carboxylic acids is 1. The van der Waals surface area contributed by atoms with Crippen LogP contribution >= 0.6 is 0 Å². The van der Waals surface area contributed by atoms with Crippen molar-refractivity contribution >= 4 is 23.3 Å². The lowest BCUT2D eigenvalue weighted by Crippen LogP contribution is -2.42. The van der Waals surface area contributed by atoms with E-state index in [0.717, 1.165) is 24.3 Å². The van der Waals surface area contributed by atoms with Gasteiger partial charge < -0.3 is 15.8 Å². The third-order valence-electron chi connectivity index (χ3n) is 5.14. The van der Waals surface area contributed by atoms with E-state index in [0.29, 0.717) is 5.56 Å². The van der Waals surface area contributed by atoms with Gasteiger partial charge in [0.2, 0.25) is 5.91 Å². The minimum Gasteiger partial charge on any atom is -0.478 e. The molecule has 4 N–H and O–H groups in total. The first-order valence-electron chi connectivity index (χ1n) is 10.1. The maximum atomic E-state index is 13.2. The zero-order chi connectivity index (χ0) is 26.6. The summed E-state index contributed by atoms with van der Waals surface area (Å²) in [6, 6.07) is 8.18. The molecule has 6 nitrogen and oxygen atoms in total. The fraction of sp³-hybridized carbons (Fsp3) is 0.304. The number of carbonyl (C=O) groups is 2. The smallest absolute Gasteiger partial charge is 0.429 e. The van der Waals surface area contributed by atoms with Gasteiger partial charge >= 0.3 is 18.3 Å². The normalized spacial score (nSPS) is 13.6. The lowest BCUT2D eigenvalue weighted by Gasteiger charge is -2.23. The number of hydrogen-bond donors (Lipinski definition) is 4. The Hall–Kier alpha value is -3.70. The molecule has 2 aromatic carbocycles. The van der Waals surface area contributed by atoms with Gasteiger partial charge in [-0.1, -0.05) is 24.3 Å². The molecule has 0 aromatic heterocycles. The van der Waals surface area contributed by atoms with E-state index in [9.17, 15) is 35.9 Å². The second-order valence-electron chi connectivity index (χ2n) is 7.80. The average Bonchev–Trinajstić information content (AvgIpc) is 2.76. The van der Waals surface area contributed by atoms with Crippen LogP contribution in [-0.4, -0.2) is 34.6 Å². The van der Waals surface area contributed by atoms with Gasteiger partial charge in [0.1, 0.15) is 5.71 Å². The Morgan fingerprint density at radius 3 is 1.94 bits per heavy atom. The first-order valence-corrected chi connectivity index (χ1v) is 10.1. The third-order valence-corrected chi connectivity index (χ3v) is 5.14. The van der Waals surface area contributed by atoms with Crippen molar-refractivity contribution in [1.82, 2.24) is 5.32 Å². The molecule has 188 valence electrons. The van der Waals surface area contributed by atoms with Crippen LogP contribution in [-0.2, 0) is 17.4 Å². The highest BCUT2D eigenvalue weighted by molar-refractivity contribution is 6.08. The molecule has 0 spiro atoms. The van der Waals surface area contributed by atoms with Gasteiger partial charge in [-0.3, -0.25) is 10.2 Å². The molecule has 2 unspecified atom stereocenters. The van der Waals surface area contributed by atoms with Crippen LogP contribution in [0, 0.1) is 16.7 Å². The summed E-state index contributed by atoms with van der Waals surface area (Å²) in [5.41, 5.74) is -2.55. The molecule has 0 bridgehead atoms. The lowest BCUT2D eigenvalue weighted by molar-refractivity contribution is -0.137. The molecule has 0 heterocycles. The minimum absolute atomic E-state index is 0.0271. The summed E-state index contributed by atoms with van der Waals surface area (Å²) in [4.78, 5) is 23.6. The molecule has 0 fully saturated rings. The fourth-order valence-corrected chi connectivity index (χ4v) is 3.21. The Labute approximate surface area is 196 Å². The van der Waals surface area contributed by atoms with E-state index in [4.69, 9.17) is 15.9 Å². The maximum Gasteiger partial charge on any atom is 0.429 e. The first kappa shape index (κ1) is 27.5. The number of alkyl halides is 6. The fourth-order valence-electron chi connectivity index (χ4n) is 3.21. The van der Waals surface area contributed by atoms with E-state index in [1.807, 2.05) is 0 Å². The SMILES string of the molecule is CC(NC(=O)C(CC(=N)Cc1ccc(C(F)(F)F)cc1)C(=N)C(F)(F)F)c1ccc(C(=O)O)cc1. The Kier molecular flexibility index (Phi) is 8.42. The van der Waals surface area contributed by atoms with Gasteiger partial charge in [-0.25, -0.2) is 4.79 Å². The summed E-state index contributed by atoms with van der Waals surface area (Å²) in [6.07, 6.45) is -10.8. The highest BCUT2D eigenvalue weighted by Crippen LogP contribution is 2.29. The Balaban J connectivity index is 2.15. The molecular formula is C23H21F6N3O3. The molecule has 0 aliphatic heterocycles. The van der Waals surface area contributed by atoms with Gasteiger partial charge in [0.05, 0.1) is 23.1 Å². The molecule has 2 aromatic rings. The van der Waals surface area contributed by atoms with Crippen molar-refractivity contribution in [3.63, 3.8) is 0 Å². The molecule has 2 atom stereocenters. The molecule has 35 heavy (non-hydrogen) atoms. The van der Waals surface area contributed by atoms with Crippen molar-refractivity contribution in [2.45, 2.75) is 38.2 Å². The van der Waals surface area contributed by atoms with E-state index < -0.39 is 53.9 Å². The van der Waals surface area contributed by atoms with E-state index in [1.54, 1.807) is 0 Å². The number of nitrogens with one attached hydrogen (secondary N) is 3. The van der Waals surface area contributed by atoms with Crippen LogP contribution in [0.5, 0.6) is 0 Å². The Bertz CT molecular complexity index is 1090. The van der Waals surface area contributed by atoms with Crippen LogP contribution < -0.4 is 5.32 Å². The van der Waals surface area contributed by atoms with Gasteiger partial charge in [0.25, 0.3) is 0 Å². The molecule has 0 saturated heterocycles. The third kappa shape index (κ3) is 7.66. The predicted molar refractivity (Wildman–Crippen MR) is 115 cm³/mol. The molecule has 1 amide bonds. The number of carboxylic acids is 1. The monoisotopic (exact) mass is 501 g/mol. The van der Waals surface area contributed by atoms with Gasteiger partial charge in [-0.15, -0.1) is 0 Å². The van der Waals surface area contributed by atoms with Gasteiger partial charge in [0.15, 0.2) is 0 Å². The number of halogens is 6. The highest BCUT2D eigenvalue weighted by Gasteiger charge is 2.43. The Morgan fingerprint density at radius 2 is 1.49 bits per heavy atom. The summed E-state index contributed by atoms with van der Waals surface area (Å²) >= 11 is 0. The van der Waals surface area contributed by atoms with Gasteiger partial charge in [-0.05, 0) is 42.3 Å². The van der Waals surface area contributed by atoms with Gasteiger partial charge in [0, 0.05) is 18.6 Å². The Morgan fingerprint density at radius 1 is 0.943 bits per heavy atom. The van der Waals surface area contributed by atoms with Crippen LogP contribution in [0.25, 0.3) is 0 Å². The standard InChI is InChI=1S/C23H21F6N3O3/c1-12(14-4-6-15(7-5-14)21(34)35)32-20(33)18(19(31)23(27,28)29)11-17(30)10-13-2-8-16(9-3-13)22(24,25)26/h2-9,12,18,30-31H,10-11H2,1H3,(H,32,33)(H,34,35). The average molecular weight is 501 g/mol. The quantitative estimate of drug-likeness (QED) is 0.271. The zero-order valence-electron chi connectivity index (χ0n) is 18.2. The van der Waals surface area contributed by atoms with Crippen LogP contribution in [0.3, 0.4) is 0 Å². The van der Waals surface area contributed by atoms with Gasteiger partial charge in [-0.2, -0.15) is 26.3 Å². The van der Waals surface area contributed by atoms with E-state index in [-0.39, 0.29) is 23.3 Å². The molecule has 0 aliphatic carbocycles. The molecule has 0 radical (unpaired) electrons. The summed E-state index contributed by atoms with van der Waals surface area (Å²) in [7, 11) is 0. The maximum absolute atomic E-state index is 13.2. The molecule has 2 rings (SSSR count). The van der Waals surface area contributed by atoms with Crippen LogP contribution in [0.1, 0.15) is 46.4 Å². The second kappa shape index (κ2) is 10.7. The van der Waals surface area contributed by atoms with Crippen molar-refractivity contribution in [2.75, 3.05) is 0 Å². The lowest BCUT2D eigenvalue weighted by atomic mass is 9.91. The number of amides is 1. The summed E-state index contributed by atoms with van der Waals surface area (Å²) < 4.78 is 77.8. The predicted octanol–water partition coefficient (Wildman–Crippen LogP) is 5.43. The van der Waals surface area contributed by atoms with Crippen molar-refractivity contribution in [1.29, 1.82) is 10.8 Å². The van der Waals surface area contributed by atoms with E-state index >= 15 is 0 Å². The zero-order valence-corrected chi connectivity index (χ0v) is 18.2. The van der Waals surface area contributed by atoms with Crippen molar-refractivity contribution in [3.05, 3.63) is 70.8 Å². The van der Waals surface area contributed by atoms with Crippen molar-refractivity contribution in [2.24, 2.45) is 5.92 Å². The van der Waals surface area contributed by atoms with Crippen LogP contribution in [0.15, 0.2) is 48.5 Å².